The molecule has 0 aliphatic rings. The van der Waals surface area contributed by atoms with Gasteiger partial charge in [0.1, 0.15) is 6.61 Å². The number of carbonyl (C=O) groups is 1. The van der Waals surface area contributed by atoms with E-state index in [1.807, 2.05) is 0 Å². The molecule has 204 valence electrons. The normalized spacial score (nSPS) is 11.3. The van der Waals surface area contributed by atoms with E-state index in [2.05, 4.69) is 6.92 Å². The van der Waals surface area contributed by atoms with E-state index in [9.17, 15) is 4.79 Å². The smallest absolute Gasteiger partial charge is 0.329 e. The molecule has 0 aliphatic carbocycles. The Balaban J connectivity index is 3.01. The number of aliphatic carboxylic acids is 1. The molecule has 0 spiro atoms. The number of rotatable bonds is 30. The Labute approximate surface area is 204 Å². The molecule has 0 saturated heterocycles. The van der Waals surface area contributed by atoms with Gasteiger partial charge in [0.15, 0.2) is 0 Å². The van der Waals surface area contributed by atoms with Gasteiger partial charge in [0, 0.05) is 6.61 Å². The standard InChI is InChI=1S/C23H46O11/c1-2-3-4-5-26-6-7-27-8-9-28-10-11-29-12-13-30-14-15-31-16-17-32-18-19-33-20-21-34-22-23(24)25/h2-22H2,1H3,(H,24,25). The van der Waals surface area contributed by atoms with Gasteiger partial charge in [-0.25, -0.2) is 4.79 Å². The fraction of sp³-hybridized carbons (Fsp3) is 0.957. The summed E-state index contributed by atoms with van der Waals surface area (Å²) >= 11 is 0. The first kappa shape index (κ1) is 33.1. The van der Waals surface area contributed by atoms with Crippen LogP contribution in [0, 0.1) is 0 Å². The number of ether oxygens (including phenoxy) is 9. The van der Waals surface area contributed by atoms with Gasteiger partial charge < -0.3 is 47.7 Å². The molecular formula is C23H46O11. The largest absolute Gasteiger partial charge is 0.480 e. The molecule has 0 bridgehead atoms. The van der Waals surface area contributed by atoms with Gasteiger partial charge in [-0.2, -0.15) is 0 Å². The summed E-state index contributed by atoms with van der Waals surface area (Å²) in [4.78, 5) is 10.2. The number of hydrogen-bond donors (Lipinski definition) is 1. The Morgan fingerprint density at radius 1 is 0.441 bits per heavy atom. The highest BCUT2D eigenvalue weighted by molar-refractivity contribution is 5.67. The molecule has 0 amide bonds. The maximum Gasteiger partial charge on any atom is 0.329 e. The SMILES string of the molecule is CCCCCOCCOCCOCCOCCOCCOCCOCCOCCOCC(=O)O. The molecule has 11 heteroatoms. The first-order chi connectivity index (χ1) is 16.8. The van der Waals surface area contributed by atoms with Crippen LogP contribution in [0.15, 0.2) is 0 Å². The van der Waals surface area contributed by atoms with Gasteiger partial charge in [-0.3, -0.25) is 0 Å². The topological polar surface area (TPSA) is 120 Å². The van der Waals surface area contributed by atoms with E-state index in [-0.39, 0.29) is 13.2 Å². The lowest BCUT2D eigenvalue weighted by Crippen LogP contribution is -2.15. The molecule has 1 N–H and O–H groups in total. The quantitative estimate of drug-likeness (QED) is 0.145. The molecule has 0 atom stereocenters. The van der Waals surface area contributed by atoms with Crippen LogP contribution in [0.5, 0.6) is 0 Å². The third kappa shape index (κ3) is 31.1. The lowest BCUT2D eigenvalue weighted by molar-refractivity contribution is -0.142. The summed E-state index contributed by atoms with van der Waals surface area (Å²) in [6.07, 6.45) is 3.53. The van der Waals surface area contributed by atoms with Crippen LogP contribution in [0.2, 0.25) is 0 Å². The predicted molar refractivity (Wildman–Crippen MR) is 125 cm³/mol. The summed E-state index contributed by atoms with van der Waals surface area (Å²) < 4.78 is 48.0. The molecule has 0 rings (SSSR count). The predicted octanol–water partition coefficient (Wildman–Crippen LogP) is 1.41. The van der Waals surface area contributed by atoms with Crippen LogP contribution in [-0.4, -0.2) is 130 Å². The summed E-state index contributed by atoms with van der Waals surface area (Å²) in [6, 6.07) is 0. The fourth-order valence-electron chi connectivity index (χ4n) is 2.37. The molecule has 0 aliphatic heterocycles. The molecule has 11 nitrogen and oxygen atoms in total. The number of unbranched alkanes of at least 4 members (excludes halogenated alkanes) is 2. The Morgan fingerprint density at radius 3 is 0.971 bits per heavy atom. The van der Waals surface area contributed by atoms with Gasteiger partial charge in [-0.1, -0.05) is 19.8 Å². The highest BCUT2D eigenvalue weighted by atomic mass is 16.6. The van der Waals surface area contributed by atoms with Crippen LogP contribution in [0.4, 0.5) is 0 Å². The zero-order valence-corrected chi connectivity index (χ0v) is 20.9. The van der Waals surface area contributed by atoms with E-state index in [4.69, 9.17) is 47.7 Å². The average Bonchev–Trinajstić information content (AvgIpc) is 2.83. The fourth-order valence-corrected chi connectivity index (χ4v) is 2.37. The van der Waals surface area contributed by atoms with Gasteiger partial charge in [-0.05, 0) is 6.42 Å². The first-order valence-corrected chi connectivity index (χ1v) is 12.2. The van der Waals surface area contributed by atoms with E-state index in [0.717, 1.165) is 13.0 Å². The molecule has 0 fully saturated rings. The van der Waals surface area contributed by atoms with Crippen molar-refractivity contribution in [3.8, 4) is 0 Å². The first-order valence-electron chi connectivity index (χ1n) is 12.2. The van der Waals surface area contributed by atoms with E-state index in [0.29, 0.717) is 99.1 Å². The third-order valence-electron chi connectivity index (χ3n) is 4.09. The summed E-state index contributed by atoms with van der Waals surface area (Å²) in [7, 11) is 0. The number of hydrogen-bond acceptors (Lipinski definition) is 10. The summed E-state index contributed by atoms with van der Waals surface area (Å²) in [5, 5.41) is 8.39. The molecule has 0 aromatic carbocycles. The molecule has 0 saturated carbocycles. The second kappa shape index (κ2) is 30.1. The molecule has 0 aromatic heterocycles. The second-order valence-electron chi connectivity index (χ2n) is 7.05. The highest BCUT2D eigenvalue weighted by Gasteiger charge is 1.97. The molecule has 0 heterocycles. The summed E-state index contributed by atoms with van der Waals surface area (Å²) in [6.45, 7) is 10.5. The number of carboxylic acids is 1. The molecule has 34 heavy (non-hydrogen) atoms. The Hall–Kier alpha value is -0.890. The van der Waals surface area contributed by atoms with Crippen molar-refractivity contribution in [2.75, 3.05) is 119 Å². The van der Waals surface area contributed by atoms with Crippen molar-refractivity contribution in [3.63, 3.8) is 0 Å². The average molecular weight is 499 g/mol. The van der Waals surface area contributed by atoms with Gasteiger partial charge in [0.05, 0.1) is 106 Å². The van der Waals surface area contributed by atoms with E-state index >= 15 is 0 Å². The zero-order chi connectivity index (χ0) is 24.8. The zero-order valence-electron chi connectivity index (χ0n) is 20.9. The van der Waals surface area contributed by atoms with Crippen molar-refractivity contribution in [2.45, 2.75) is 26.2 Å². The lowest BCUT2D eigenvalue weighted by atomic mass is 10.3. The monoisotopic (exact) mass is 498 g/mol. The van der Waals surface area contributed by atoms with Gasteiger partial charge in [-0.15, -0.1) is 0 Å². The summed E-state index contributed by atoms with van der Waals surface area (Å²) in [5.41, 5.74) is 0. The van der Waals surface area contributed by atoms with Crippen LogP contribution >= 0.6 is 0 Å². The summed E-state index contributed by atoms with van der Waals surface area (Å²) in [5.74, 6) is -0.990. The Kier molecular flexibility index (Phi) is 29.4. The van der Waals surface area contributed by atoms with Crippen molar-refractivity contribution in [1.29, 1.82) is 0 Å². The minimum atomic E-state index is -0.990. The molecule has 0 aromatic rings. The van der Waals surface area contributed by atoms with Crippen LogP contribution in [0.3, 0.4) is 0 Å². The van der Waals surface area contributed by atoms with Crippen LogP contribution < -0.4 is 0 Å². The molecular weight excluding hydrogens is 452 g/mol. The Bertz CT molecular complexity index is 399. The van der Waals surface area contributed by atoms with Crippen LogP contribution in [0.25, 0.3) is 0 Å². The van der Waals surface area contributed by atoms with Crippen molar-refractivity contribution >= 4 is 5.97 Å². The van der Waals surface area contributed by atoms with E-state index in [1.54, 1.807) is 0 Å². The highest BCUT2D eigenvalue weighted by Crippen LogP contribution is 1.94. The maximum absolute atomic E-state index is 10.2. The van der Waals surface area contributed by atoms with Gasteiger partial charge >= 0.3 is 5.97 Å². The maximum atomic E-state index is 10.2. The van der Waals surface area contributed by atoms with Crippen LogP contribution in [0.1, 0.15) is 26.2 Å². The van der Waals surface area contributed by atoms with Crippen molar-refractivity contribution in [1.82, 2.24) is 0 Å². The number of carboxylic acid groups (broad SMARTS) is 1. The lowest BCUT2D eigenvalue weighted by Gasteiger charge is -2.08. The van der Waals surface area contributed by atoms with E-state index in [1.165, 1.54) is 12.8 Å². The van der Waals surface area contributed by atoms with Gasteiger partial charge in [0.25, 0.3) is 0 Å². The second-order valence-corrected chi connectivity index (χ2v) is 7.05. The van der Waals surface area contributed by atoms with Gasteiger partial charge in [0.2, 0.25) is 0 Å². The van der Waals surface area contributed by atoms with E-state index < -0.39 is 5.97 Å². The van der Waals surface area contributed by atoms with Crippen molar-refractivity contribution < 1.29 is 52.5 Å². The Morgan fingerprint density at radius 2 is 0.706 bits per heavy atom. The van der Waals surface area contributed by atoms with Crippen molar-refractivity contribution in [2.24, 2.45) is 0 Å². The van der Waals surface area contributed by atoms with Crippen molar-refractivity contribution in [3.05, 3.63) is 0 Å². The molecule has 0 unspecified atom stereocenters. The van der Waals surface area contributed by atoms with Crippen LogP contribution in [-0.2, 0) is 47.4 Å². The minimum Gasteiger partial charge on any atom is -0.480 e. The molecule has 0 radical (unpaired) electrons. The third-order valence-corrected chi connectivity index (χ3v) is 4.09. The minimum absolute atomic E-state index is 0.250.